The van der Waals surface area contributed by atoms with E-state index in [-0.39, 0.29) is 23.1 Å². The van der Waals surface area contributed by atoms with Crippen LogP contribution in [0.1, 0.15) is 146 Å². The fourth-order valence-electron chi connectivity index (χ4n) is 6.34. The van der Waals surface area contributed by atoms with E-state index >= 15 is 0 Å². The smallest absolute Gasteiger partial charge is 0.129 e. The second-order valence-corrected chi connectivity index (χ2v) is 11.7. The maximum Gasteiger partial charge on any atom is 0.129 e. The third kappa shape index (κ3) is 9.46. The highest BCUT2D eigenvalue weighted by molar-refractivity contribution is 5.36. The summed E-state index contributed by atoms with van der Waals surface area (Å²) in [7, 11) is 0. The molecule has 1 atom stereocenters. The van der Waals surface area contributed by atoms with Gasteiger partial charge >= 0.3 is 0 Å². The standard InChI is InChI=1S/C34H52F2/c1-3-5-7-9-11-13-15-27-17-19-28(20-18-27)29-21-23-30(24-22-29)31-25-33(35)32(34(36)26-31)16-14-12-10-8-6-4-2/h21-23,25-28,30H,3-20,24H2,1-2H3/t27-,28-,30?. The lowest BCUT2D eigenvalue weighted by molar-refractivity contribution is 0.282. The van der Waals surface area contributed by atoms with E-state index in [0.29, 0.717) is 12.3 Å². The first-order chi connectivity index (χ1) is 17.6. The first-order valence-corrected chi connectivity index (χ1v) is 15.5. The predicted molar refractivity (Wildman–Crippen MR) is 151 cm³/mol. The summed E-state index contributed by atoms with van der Waals surface area (Å²) >= 11 is 0. The zero-order valence-electron chi connectivity index (χ0n) is 23.3. The summed E-state index contributed by atoms with van der Waals surface area (Å²) in [5.74, 6) is 0.978. The van der Waals surface area contributed by atoms with Crippen LogP contribution in [-0.4, -0.2) is 0 Å². The molecule has 202 valence electrons. The third-order valence-corrected chi connectivity index (χ3v) is 8.78. The molecule has 0 aromatic heterocycles. The minimum Gasteiger partial charge on any atom is -0.207 e. The molecule has 0 saturated heterocycles. The van der Waals surface area contributed by atoms with E-state index in [1.54, 1.807) is 12.1 Å². The van der Waals surface area contributed by atoms with Crippen LogP contribution in [0, 0.1) is 23.5 Å². The highest BCUT2D eigenvalue weighted by atomic mass is 19.1. The Kier molecular flexibility index (Phi) is 13.3. The molecule has 0 heterocycles. The van der Waals surface area contributed by atoms with Crippen molar-refractivity contribution in [1.82, 2.24) is 0 Å². The van der Waals surface area contributed by atoms with Gasteiger partial charge in [-0.2, -0.15) is 0 Å². The van der Waals surface area contributed by atoms with Crippen LogP contribution in [0.15, 0.2) is 35.9 Å². The second-order valence-electron chi connectivity index (χ2n) is 11.7. The molecule has 36 heavy (non-hydrogen) atoms. The molecule has 2 aliphatic rings. The van der Waals surface area contributed by atoms with Gasteiger partial charge in [0.2, 0.25) is 0 Å². The van der Waals surface area contributed by atoms with Crippen molar-refractivity contribution in [3.63, 3.8) is 0 Å². The van der Waals surface area contributed by atoms with E-state index < -0.39 is 0 Å². The summed E-state index contributed by atoms with van der Waals surface area (Å²) in [6.45, 7) is 4.48. The van der Waals surface area contributed by atoms with Gasteiger partial charge in [-0.3, -0.25) is 0 Å². The SMILES string of the molecule is CCCCCCCCc1c(F)cc(C2C=CC([C@H]3CC[C@H](CCCCCCCC)CC3)=CC2)cc1F. The third-order valence-electron chi connectivity index (χ3n) is 8.78. The first kappa shape index (κ1) is 29.1. The van der Waals surface area contributed by atoms with Gasteiger partial charge in [0.15, 0.2) is 0 Å². The van der Waals surface area contributed by atoms with Crippen molar-refractivity contribution in [2.24, 2.45) is 11.8 Å². The fourth-order valence-corrected chi connectivity index (χ4v) is 6.34. The molecule has 0 aliphatic heterocycles. The molecule has 2 heteroatoms. The molecule has 1 aromatic carbocycles. The summed E-state index contributed by atoms with van der Waals surface area (Å²) < 4.78 is 29.6. The van der Waals surface area contributed by atoms with Crippen LogP contribution in [0.5, 0.6) is 0 Å². The van der Waals surface area contributed by atoms with E-state index in [4.69, 9.17) is 0 Å². The van der Waals surface area contributed by atoms with Crippen LogP contribution >= 0.6 is 0 Å². The highest BCUT2D eigenvalue weighted by Crippen LogP contribution is 2.39. The van der Waals surface area contributed by atoms with Crippen molar-refractivity contribution in [3.05, 3.63) is 58.7 Å². The molecule has 0 bridgehead atoms. The summed E-state index contributed by atoms with van der Waals surface area (Å²) in [5.41, 5.74) is 2.53. The molecule has 1 saturated carbocycles. The van der Waals surface area contributed by atoms with Gasteiger partial charge in [0.1, 0.15) is 11.6 Å². The maximum atomic E-state index is 14.8. The Labute approximate surface area is 221 Å². The topological polar surface area (TPSA) is 0 Å². The quantitative estimate of drug-likeness (QED) is 0.199. The van der Waals surface area contributed by atoms with E-state index in [9.17, 15) is 8.78 Å². The maximum absolute atomic E-state index is 14.8. The van der Waals surface area contributed by atoms with Crippen LogP contribution in [0.2, 0.25) is 0 Å². The Hall–Kier alpha value is -1.44. The van der Waals surface area contributed by atoms with E-state index in [1.165, 1.54) is 95.5 Å². The average molecular weight is 499 g/mol. The lowest BCUT2D eigenvalue weighted by Crippen LogP contribution is -2.17. The molecule has 0 N–H and O–H groups in total. The van der Waals surface area contributed by atoms with E-state index in [0.717, 1.165) is 37.2 Å². The molecule has 1 unspecified atom stereocenters. The normalized spacial score (nSPS) is 22.1. The summed E-state index contributed by atoms with van der Waals surface area (Å²) in [5, 5.41) is 0. The van der Waals surface area contributed by atoms with Crippen LogP contribution in [-0.2, 0) is 6.42 Å². The second kappa shape index (κ2) is 16.4. The first-order valence-electron chi connectivity index (χ1n) is 15.5. The number of benzene rings is 1. The van der Waals surface area contributed by atoms with Crippen molar-refractivity contribution in [2.45, 2.75) is 142 Å². The fraction of sp³-hybridized carbons (Fsp3) is 0.706. The van der Waals surface area contributed by atoms with E-state index in [2.05, 4.69) is 32.1 Å². The van der Waals surface area contributed by atoms with Gasteiger partial charge in [-0.25, -0.2) is 8.78 Å². The number of halogens is 2. The zero-order chi connectivity index (χ0) is 25.6. The molecule has 2 aliphatic carbocycles. The predicted octanol–water partition coefficient (Wildman–Crippen LogP) is 11.4. The molecule has 0 amide bonds. The van der Waals surface area contributed by atoms with Gasteiger partial charge in [-0.1, -0.05) is 109 Å². The van der Waals surface area contributed by atoms with Gasteiger partial charge in [-0.05, 0) is 80.1 Å². The summed E-state index contributed by atoms with van der Waals surface area (Å²) in [6.07, 6.45) is 30.1. The highest BCUT2D eigenvalue weighted by Gasteiger charge is 2.24. The Morgan fingerprint density at radius 3 is 1.89 bits per heavy atom. The van der Waals surface area contributed by atoms with Gasteiger partial charge in [0.25, 0.3) is 0 Å². The number of allylic oxidation sites excluding steroid dienone is 4. The van der Waals surface area contributed by atoms with Crippen molar-refractivity contribution in [1.29, 1.82) is 0 Å². The average Bonchev–Trinajstić information content (AvgIpc) is 2.90. The molecule has 1 fully saturated rings. The van der Waals surface area contributed by atoms with Crippen LogP contribution in [0.4, 0.5) is 8.78 Å². The van der Waals surface area contributed by atoms with E-state index in [1.807, 2.05) is 0 Å². The molecule has 0 spiro atoms. The van der Waals surface area contributed by atoms with Crippen molar-refractivity contribution in [3.8, 4) is 0 Å². The lowest BCUT2D eigenvalue weighted by atomic mass is 9.75. The van der Waals surface area contributed by atoms with Crippen molar-refractivity contribution < 1.29 is 8.78 Å². The number of rotatable bonds is 16. The molecular weight excluding hydrogens is 446 g/mol. The molecule has 0 radical (unpaired) electrons. The number of unbranched alkanes of at least 4 members (excludes halogenated alkanes) is 10. The van der Waals surface area contributed by atoms with Crippen molar-refractivity contribution >= 4 is 0 Å². The largest absolute Gasteiger partial charge is 0.207 e. The monoisotopic (exact) mass is 498 g/mol. The molecule has 1 aromatic rings. The lowest BCUT2D eigenvalue weighted by Gasteiger charge is -2.31. The molecular formula is C34H52F2. The minimum absolute atomic E-state index is 0.0879. The zero-order valence-corrected chi connectivity index (χ0v) is 23.3. The Morgan fingerprint density at radius 2 is 1.31 bits per heavy atom. The Bertz CT molecular complexity index is 789. The van der Waals surface area contributed by atoms with Crippen LogP contribution in [0.3, 0.4) is 0 Å². The Balaban J connectivity index is 1.41. The van der Waals surface area contributed by atoms with Gasteiger partial charge in [0, 0.05) is 11.5 Å². The van der Waals surface area contributed by atoms with Crippen LogP contribution in [0.25, 0.3) is 0 Å². The Morgan fingerprint density at radius 1 is 0.722 bits per heavy atom. The number of hydrogen-bond acceptors (Lipinski definition) is 0. The van der Waals surface area contributed by atoms with Crippen LogP contribution < -0.4 is 0 Å². The molecule has 3 rings (SSSR count). The summed E-state index contributed by atoms with van der Waals surface area (Å²) in [4.78, 5) is 0. The minimum atomic E-state index is -0.356. The molecule has 0 nitrogen and oxygen atoms in total. The van der Waals surface area contributed by atoms with Gasteiger partial charge < -0.3 is 0 Å². The summed E-state index contributed by atoms with van der Waals surface area (Å²) in [6, 6.07) is 3.19. The van der Waals surface area contributed by atoms with Crippen molar-refractivity contribution in [2.75, 3.05) is 0 Å². The van der Waals surface area contributed by atoms with Gasteiger partial charge in [-0.15, -0.1) is 0 Å². The number of hydrogen-bond donors (Lipinski definition) is 0. The van der Waals surface area contributed by atoms with Gasteiger partial charge in [0.05, 0.1) is 0 Å².